The second-order valence-electron chi connectivity index (χ2n) is 4.48. The molecule has 5 heteroatoms. The zero-order valence-corrected chi connectivity index (χ0v) is 12.3. The Hall–Kier alpha value is -1.94. The number of halogens is 1. The number of ether oxygens (including phenoxy) is 2. The highest BCUT2D eigenvalue weighted by atomic mass is 35.5. The van der Waals surface area contributed by atoms with Crippen molar-refractivity contribution < 1.29 is 18.7 Å². The molecule has 2 rings (SSSR count). The fourth-order valence-electron chi connectivity index (χ4n) is 1.73. The summed E-state index contributed by atoms with van der Waals surface area (Å²) in [5.41, 5.74) is 0. The van der Waals surface area contributed by atoms with Gasteiger partial charge in [0.15, 0.2) is 0 Å². The van der Waals surface area contributed by atoms with E-state index < -0.39 is 5.97 Å². The SMILES string of the molecule is O=C(OCCCCCOc1ccc(Cl)cc1)c1ccco1. The first-order chi connectivity index (χ1) is 10.3. The Morgan fingerprint density at radius 2 is 1.81 bits per heavy atom. The van der Waals surface area contributed by atoms with Crippen LogP contribution in [-0.2, 0) is 4.74 Å². The summed E-state index contributed by atoms with van der Waals surface area (Å²) in [6.07, 6.45) is 4.08. The summed E-state index contributed by atoms with van der Waals surface area (Å²) in [7, 11) is 0. The molecule has 0 bridgehead atoms. The molecule has 0 unspecified atom stereocenters. The number of carbonyl (C=O) groups is 1. The summed E-state index contributed by atoms with van der Waals surface area (Å²) in [4.78, 5) is 11.5. The lowest BCUT2D eigenvalue weighted by molar-refractivity contribution is 0.0460. The molecule has 0 aliphatic rings. The lowest BCUT2D eigenvalue weighted by Gasteiger charge is -2.06. The Bertz CT molecular complexity index is 534. The molecule has 0 aliphatic carbocycles. The highest BCUT2D eigenvalue weighted by Gasteiger charge is 2.08. The van der Waals surface area contributed by atoms with Gasteiger partial charge in [-0.2, -0.15) is 0 Å². The van der Waals surface area contributed by atoms with Crippen LogP contribution in [0.1, 0.15) is 29.8 Å². The zero-order valence-electron chi connectivity index (χ0n) is 11.6. The quantitative estimate of drug-likeness (QED) is 0.537. The van der Waals surface area contributed by atoms with Crippen LogP contribution in [0.15, 0.2) is 47.1 Å². The molecule has 0 atom stereocenters. The van der Waals surface area contributed by atoms with Gasteiger partial charge in [0.05, 0.1) is 19.5 Å². The molecule has 21 heavy (non-hydrogen) atoms. The molecule has 0 spiro atoms. The number of carbonyl (C=O) groups excluding carboxylic acids is 1. The van der Waals surface area contributed by atoms with Crippen molar-refractivity contribution in [2.24, 2.45) is 0 Å². The number of hydrogen-bond acceptors (Lipinski definition) is 4. The number of hydrogen-bond donors (Lipinski definition) is 0. The minimum absolute atomic E-state index is 0.237. The lowest BCUT2D eigenvalue weighted by atomic mass is 10.2. The molecule has 0 fully saturated rings. The van der Waals surface area contributed by atoms with Gasteiger partial charge < -0.3 is 13.9 Å². The Kier molecular flexibility index (Phi) is 6.16. The predicted octanol–water partition coefficient (Wildman–Crippen LogP) is 4.34. The second kappa shape index (κ2) is 8.37. The molecule has 1 heterocycles. The van der Waals surface area contributed by atoms with Gasteiger partial charge in [0.1, 0.15) is 5.75 Å². The van der Waals surface area contributed by atoms with Crippen LogP contribution in [0.4, 0.5) is 0 Å². The van der Waals surface area contributed by atoms with Gasteiger partial charge in [-0.25, -0.2) is 4.79 Å². The molecular formula is C16H17ClO4. The van der Waals surface area contributed by atoms with Crippen molar-refractivity contribution in [1.82, 2.24) is 0 Å². The maximum Gasteiger partial charge on any atom is 0.374 e. The van der Waals surface area contributed by atoms with Crippen molar-refractivity contribution in [1.29, 1.82) is 0 Å². The van der Waals surface area contributed by atoms with Crippen LogP contribution in [0.5, 0.6) is 5.75 Å². The molecule has 0 N–H and O–H groups in total. The number of benzene rings is 1. The van der Waals surface area contributed by atoms with Crippen molar-refractivity contribution in [2.75, 3.05) is 13.2 Å². The van der Waals surface area contributed by atoms with Crippen LogP contribution >= 0.6 is 11.6 Å². The minimum Gasteiger partial charge on any atom is -0.494 e. The van der Waals surface area contributed by atoms with Crippen LogP contribution in [0.25, 0.3) is 0 Å². The highest BCUT2D eigenvalue weighted by molar-refractivity contribution is 6.30. The van der Waals surface area contributed by atoms with E-state index in [1.54, 1.807) is 24.3 Å². The van der Waals surface area contributed by atoms with Gasteiger partial charge in [0.25, 0.3) is 0 Å². The van der Waals surface area contributed by atoms with Gasteiger partial charge in [0.2, 0.25) is 5.76 Å². The van der Waals surface area contributed by atoms with Gasteiger partial charge >= 0.3 is 5.97 Å². The fourth-order valence-corrected chi connectivity index (χ4v) is 1.86. The molecule has 0 amide bonds. The molecule has 0 radical (unpaired) electrons. The average Bonchev–Trinajstić information content (AvgIpc) is 3.02. The van der Waals surface area contributed by atoms with E-state index in [2.05, 4.69) is 0 Å². The van der Waals surface area contributed by atoms with E-state index in [0.717, 1.165) is 25.0 Å². The Labute approximate surface area is 128 Å². The molecule has 1 aromatic heterocycles. The molecule has 4 nitrogen and oxygen atoms in total. The van der Waals surface area contributed by atoms with Gasteiger partial charge in [-0.1, -0.05) is 11.6 Å². The second-order valence-corrected chi connectivity index (χ2v) is 4.91. The smallest absolute Gasteiger partial charge is 0.374 e. The first-order valence-corrected chi connectivity index (χ1v) is 7.22. The number of rotatable bonds is 8. The lowest BCUT2D eigenvalue weighted by Crippen LogP contribution is -2.05. The van der Waals surface area contributed by atoms with Crippen molar-refractivity contribution in [3.05, 3.63) is 53.4 Å². The number of furan rings is 1. The Balaban J connectivity index is 1.50. The third-order valence-electron chi connectivity index (χ3n) is 2.83. The van der Waals surface area contributed by atoms with Crippen LogP contribution < -0.4 is 4.74 Å². The maximum absolute atomic E-state index is 11.5. The van der Waals surface area contributed by atoms with Gasteiger partial charge in [-0.05, 0) is 55.7 Å². The van der Waals surface area contributed by atoms with Crippen molar-refractivity contribution >= 4 is 17.6 Å². The predicted molar refractivity (Wildman–Crippen MR) is 79.8 cm³/mol. The third-order valence-corrected chi connectivity index (χ3v) is 3.08. The third kappa shape index (κ3) is 5.52. The first-order valence-electron chi connectivity index (χ1n) is 6.85. The van der Waals surface area contributed by atoms with Crippen LogP contribution in [-0.4, -0.2) is 19.2 Å². The minimum atomic E-state index is -0.419. The van der Waals surface area contributed by atoms with Crippen molar-refractivity contribution in [3.8, 4) is 5.75 Å². The molecular weight excluding hydrogens is 292 g/mol. The van der Waals surface area contributed by atoms with Crippen molar-refractivity contribution in [3.63, 3.8) is 0 Å². The largest absolute Gasteiger partial charge is 0.494 e. The van der Waals surface area contributed by atoms with Crippen LogP contribution in [0.2, 0.25) is 5.02 Å². The summed E-state index contributed by atoms with van der Waals surface area (Å²) in [6, 6.07) is 10.5. The summed E-state index contributed by atoms with van der Waals surface area (Å²) < 4.78 is 15.6. The first kappa shape index (κ1) is 15.4. The van der Waals surface area contributed by atoms with E-state index in [9.17, 15) is 4.79 Å². The Morgan fingerprint density at radius 3 is 2.52 bits per heavy atom. The molecule has 1 aromatic carbocycles. The maximum atomic E-state index is 11.5. The molecule has 2 aromatic rings. The van der Waals surface area contributed by atoms with Gasteiger partial charge in [0, 0.05) is 5.02 Å². The van der Waals surface area contributed by atoms with Crippen LogP contribution in [0, 0.1) is 0 Å². The number of esters is 1. The monoisotopic (exact) mass is 308 g/mol. The standard InChI is InChI=1S/C16H17ClO4/c17-13-6-8-14(9-7-13)19-10-2-1-3-11-21-16(18)15-5-4-12-20-15/h4-9,12H,1-3,10-11H2. The summed E-state index contributed by atoms with van der Waals surface area (Å²) in [5, 5.41) is 0.695. The average molecular weight is 309 g/mol. The van der Waals surface area contributed by atoms with Crippen LogP contribution in [0.3, 0.4) is 0 Å². The zero-order chi connectivity index (χ0) is 14.9. The molecule has 0 saturated carbocycles. The highest BCUT2D eigenvalue weighted by Crippen LogP contribution is 2.15. The van der Waals surface area contributed by atoms with E-state index >= 15 is 0 Å². The van der Waals surface area contributed by atoms with E-state index in [0.29, 0.717) is 18.2 Å². The molecule has 112 valence electrons. The topological polar surface area (TPSA) is 48.7 Å². The van der Waals surface area contributed by atoms with Gasteiger partial charge in [-0.3, -0.25) is 0 Å². The fraction of sp³-hybridized carbons (Fsp3) is 0.312. The Morgan fingerprint density at radius 1 is 1.05 bits per heavy atom. The van der Waals surface area contributed by atoms with E-state index in [4.69, 9.17) is 25.5 Å². The number of unbranched alkanes of at least 4 members (excludes halogenated alkanes) is 2. The summed E-state index contributed by atoms with van der Waals surface area (Å²) in [6.45, 7) is 1.02. The van der Waals surface area contributed by atoms with Crippen molar-refractivity contribution in [2.45, 2.75) is 19.3 Å². The normalized spacial score (nSPS) is 10.3. The summed E-state index contributed by atoms with van der Waals surface area (Å²) >= 11 is 5.79. The molecule has 0 saturated heterocycles. The summed E-state index contributed by atoms with van der Waals surface area (Å²) in [5.74, 6) is 0.627. The van der Waals surface area contributed by atoms with E-state index in [-0.39, 0.29) is 5.76 Å². The van der Waals surface area contributed by atoms with E-state index in [1.165, 1.54) is 6.26 Å². The van der Waals surface area contributed by atoms with Gasteiger partial charge in [-0.15, -0.1) is 0 Å². The van der Waals surface area contributed by atoms with E-state index in [1.807, 2.05) is 12.1 Å². The molecule has 0 aliphatic heterocycles.